The molecule has 2 aromatic carbocycles. The third-order valence-corrected chi connectivity index (χ3v) is 4.70. The van der Waals surface area contributed by atoms with Gasteiger partial charge in [0.2, 0.25) is 0 Å². The minimum atomic E-state index is -4.92. The molecule has 0 aliphatic heterocycles. The van der Waals surface area contributed by atoms with Crippen LogP contribution in [0.3, 0.4) is 0 Å². The Labute approximate surface area is 202 Å². The summed E-state index contributed by atoms with van der Waals surface area (Å²) in [6.45, 7) is 4.83. The second kappa shape index (κ2) is 12.4. The molecule has 0 aromatic heterocycles. The number of alkyl halides is 6. The zero-order chi connectivity index (χ0) is 27.7. The second-order valence-corrected chi connectivity index (χ2v) is 7.41. The molecule has 0 amide bonds. The lowest BCUT2D eigenvalue weighted by molar-refractivity contribution is -0.143. The lowest BCUT2D eigenvalue weighted by atomic mass is 9.92. The average molecular weight is 519 g/mol. The molecule has 2 rings (SSSR count). The number of rotatable bonds is 8. The predicted molar refractivity (Wildman–Crippen MR) is 118 cm³/mol. The van der Waals surface area contributed by atoms with Crippen LogP contribution in [0.15, 0.2) is 73.3 Å². The molecule has 6 nitrogen and oxygen atoms in total. The lowest BCUT2D eigenvalue weighted by Gasteiger charge is -2.28. The molecular formula is C24H23F6NO5. The first kappa shape index (κ1) is 30.4. The van der Waals surface area contributed by atoms with Crippen LogP contribution in [0.25, 0.3) is 0 Å². The van der Waals surface area contributed by atoms with Crippen LogP contribution in [-0.2, 0) is 32.2 Å². The fraction of sp³-hybridized carbons (Fsp3) is 0.250. The van der Waals surface area contributed by atoms with E-state index in [1.165, 1.54) is 13.0 Å². The summed E-state index contributed by atoms with van der Waals surface area (Å²) in [6.07, 6.45) is -8.36. The van der Waals surface area contributed by atoms with E-state index in [9.17, 15) is 35.9 Å². The molecule has 0 fully saturated rings. The largest absolute Gasteiger partial charge is 0.478 e. The van der Waals surface area contributed by atoms with E-state index in [0.717, 1.165) is 0 Å². The number of benzene rings is 2. The van der Waals surface area contributed by atoms with Gasteiger partial charge >= 0.3 is 24.3 Å². The van der Waals surface area contributed by atoms with Crippen LogP contribution in [-0.4, -0.2) is 28.8 Å². The number of aliphatic carboxylic acids is 2. The maximum atomic E-state index is 13.0. The molecule has 0 aliphatic rings. The monoisotopic (exact) mass is 519 g/mol. The normalized spacial score (nSPS) is 14.3. The summed E-state index contributed by atoms with van der Waals surface area (Å²) in [5.41, 5.74) is 2.71. The summed E-state index contributed by atoms with van der Waals surface area (Å²) >= 11 is 0. The molecule has 0 heterocycles. The summed E-state index contributed by atoms with van der Waals surface area (Å²) in [4.78, 5) is 19.1. The summed E-state index contributed by atoms with van der Waals surface area (Å²) in [5, 5.41) is 15.6. The standard InChI is InChI=1S/C20H19F6NO.C4H4O4/c1-3-18(27,15-7-5-4-6-8-15)12-28-13(2)14-9-16(19(21,22)23)11-17(10-14)20(24,25)26;5-3(6)1-2-4(7)8/h3-11,13H,1,12,27H2,2H3;1-2H,(H,5,6)(H,7,8)/b;2-1+/t13-,18?;/m1./s1. The molecule has 2 atom stereocenters. The van der Waals surface area contributed by atoms with Crippen molar-refractivity contribution in [3.05, 3.63) is 95.6 Å². The van der Waals surface area contributed by atoms with Gasteiger partial charge in [0.15, 0.2) is 0 Å². The number of nitrogens with two attached hydrogens (primary N) is 1. The van der Waals surface area contributed by atoms with Gasteiger partial charge in [-0.25, -0.2) is 9.59 Å². The molecule has 1 unspecified atom stereocenters. The SMILES string of the molecule is C=CC(N)(CO[C@H](C)c1cc(C(F)(F)F)cc(C(F)(F)F)c1)c1ccccc1.O=C(O)/C=C/C(=O)O. The van der Waals surface area contributed by atoms with Crippen LogP contribution >= 0.6 is 0 Å². The highest BCUT2D eigenvalue weighted by molar-refractivity contribution is 5.89. The molecule has 12 heteroatoms. The smallest absolute Gasteiger partial charge is 0.416 e. The van der Waals surface area contributed by atoms with E-state index in [2.05, 4.69) is 6.58 Å². The summed E-state index contributed by atoms with van der Waals surface area (Å²) in [7, 11) is 0. The maximum absolute atomic E-state index is 13.0. The minimum Gasteiger partial charge on any atom is -0.478 e. The third kappa shape index (κ3) is 9.55. The van der Waals surface area contributed by atoms with E-state index in [-0.39, 0.29) is 18.2 Å². The number of halogens is 6. The minimum absolute atomic E-state index is 0.0805. The molecule has 4 N–H and O–H groups in total. The van der Waals surface area contributed by atoms with Gasteiger partial charge in [-0.3, -0.25) is 0 Å². The Morgan fingerprint density at radius 3 is 1.72 bits per heavy atom. The molecule has 0 radical (unpaired) electrons. The van der Waals surface area contributed by atoms with E-state index in [0.29, 0.717) is 29.8 Å². The van der Waals surface area contributed by atoms with Crippen molar-refractivity contribution >= 4 is 11.9 Å². The van der Waals surface area contributed by atoms with Crippen LogP contribution in [0.2, 0.25) is 0 Å². The first-order valence-electron chi connectivity index (χ1n) is 10.0. The van der Waals surface area contributed by atoms with E-state index in [4.69, 9.17) is 20.7 Å². The Kier molecular flexibility index (Phi) is 10.4. The molecule has 36 heavy (non-hydrogen) atoms. The maximum Gasteiger partial charge on any atom is 0.416 e. The van der Waals surface area contributed by atoms with Gasteiger partial charge < -0.3 is 20.7 Å². The first-order chi connectivity index (χ1) is 16.5. The van der Waals surface area contributed by atoms with E-state index in [1.54, 1.807) is 30.3 Å². The van der Waals surface area contributed by atoms with E-state index in [1.807, 2.05) is 0 Å². The first-order valence-corrected chi connectivity index (χ1v) is 10.0. The van der Waals surface area contributed by atoms with Crippen molar-refractivity contribution in [1.82, 2.24) is 0 Å². The number of carbonyl (C=O) groups is 2. The number of carboxylic acids is 2. The Morgan fingerprint density at radius 1 is 0.917 bits per heavy atom. The van der Waals surface area contributed by atoms with Crippen molar-refractivity contribution in [3.8, 4) is 0 Å². The molecule has 196 valence electrons. The molecule has 0 aliphatic carbocycles. The lowest BCUT2D eigenvalue weighted by Crippen LogP contribution is -2.39. The van der Waals surface area contributed by atoms with Crippen LogP contribution in [0.1, 0.15) is 35.3 Å². The highest BCUT2D eigenvalue weighted by Crippen LogP contribution is 2.38. The van der Waals surface area contributed by atoms with Gasteiger partial charge in [-0.1, -0.05) is 36.4 Å². The third-order valence-electron chi connectivity index (χ3n) is 4.70. The van der Waals surface area contributed by atoms with Crippen LogP contribution in [0, 0.1) is 0 Å². The second-order valence-electron chi connectivity index (χ2n) is 7.41. The molecule has 0 saturated carbocycles. The van der Waals surface area contributed by atoms with Gasteiger partial charge in [0, 0.05) is 12.2 Å². The van der Waals surface area contributed by atoms with Gasteiger partial charge in [-0.15, -0.1) is 6.58 Å². The number of carboxylic acid groups (broad SMARTS) is 2. The summed E-state index contributed by atoms with van der Waals surface area (Å²) in [6, 6.07) is 10.1. The molecule has 2 aromatic rings. The highest BCUT2D eigenvalue weighted by Gasteiger charge is 2.37. The Bertz CT molecular complexity index is 1030. The van der Waals surface area contributed by atoms with E-state index < -0.39 is 47.1 Å². The van der Waals surface area contributed by atoms with Crippen molar-refractivity contribution in [2.24, 2.45) is 5.73 Å². The fourth-order valence-corrected chi connectivity index (χ4v) is 2.72. The molecule has 0 saturated heterocycles. The Balaban J connectivity index is 0.000000697. The van der Waals surface area contributed by atoms with E-state index >= 15 is 0 Å². The fourth-order valence-electron chi connectivity index (χ4n) is 2.72. The van der Waals surface area contributed by atoms with Gasteiger partial charge in [-0.05, 0) is 36.2 Å². The highest BCUT2D eigenvalue weighted by atomic mass is 19.4. The molecular weight excluding hydrogens is 496 g/mol. The zero-order valence-corrected chi connectivity index (χ0v) is 18.8. The summed E-state index contributed by atoms with van der Waals surface area (Å²) < 4.78 is 83.6. The molecule has 0 spiro atoms. The molecule has 0 bridgehead atoms. The number of ether oxygens (including phenoxy) is 1. The number of hydrogen-bond acceptors (Lipinski definition) is 4. The van der Waals surface area contributed by atoms with Crippen molar-refractivity contribution in [2.75, 3.05) is 6.61 Å². The van der Waals surface area contributed by atoms with Crippen LogP contribution in [0.4, 0.5) is 26.3 Å². The van der Waals surface area contributed by atoms with Crippen LogP contribution < -0.4 is 5.73 Å². The van der Waals surface area contributed by atoms with Crippen molar-refractivity contribution < 1.29 is 50.9 Å². The zero-order valence-electron chi connectivity index (χ0n) is 18.8. The van der Waals surface area contributed by atoms with Gasteiger partial charge in [0.1, 0.15) is 0 Å². The van der Waals surface area contributed by atoms with Gasteiger partial charge in [-0.2, -0.15) is 26.3 Å². The Morgan fingerprint density at radius 2 is 1.36 bits per heavy atom. The quantitative estimate of drug-likeness (QED) is 0.240. The predicted octanol–water partition coefficient (Wildman–Crippen LogP) is 5.55. The number of hydrogen-bond donors (Lipinski definition) is 3. The van der Waals surface area contributed by atoms with Crippen molar-refractivity contribution in [1.29, 1.82) is 0 Å². The topological polar surface area (TPSA) is 110 Å². The Hall–Kier alpha value is -3.64. The van der Waals surface area contributed by atoms with Gasteiger partial charge in [0.25, 0.3) is 0 Å². The van der Waals surface area contributed by atoms with Crippen LogP contribution in [0.5, 0.6) is 0 Å². The summed E-state index contributed by atoms with van der Waals surface area (Å²) in [5.74, 6) is -2.51. The van der Waals surface area contributed by atoms with Crippen molar-refractivity contribution in [2.45, 2.75) is 30.9 Å². The average Bonchev–Trinajstić information content (AvgIpc) is 2.80. The van der Waals surface area contributed by atoms with Crippen molar-refractivity contribution in [3.63, 3.8) is 0 Å². The van der Waals surface area contributed by atoms with Gasteiger partial charge in [0.05, 0.1) is 29.4 Å².